The molecular weight excluding hydrogens is 600 g/mol. The number of carbonyl (C=O) groups is 1. The van der Waals surface area contributed by atoms with Crippen LogP contribution in [0, 0.1) is 5.41 Å². The number of aliphatic hydroxyl groups is 1. The maximum Gasteiger partial charge on any atom is 0.407 e. The van der Waals surface area contributed by atoms with E-state index >= 15 is 0 Å². The Bertz CT molecular complexity index is 1390. The number of ether oxygens (including phenoxy) is 5. The molecule has 0 aliphatic carbocycles. The second kappa shape index (κ2) is 14.3. The van der Waals surface area contributed by atoms with Crippen molar-refractivity contribution in [1.29, 1.82) is 0 Å². The van der Waals surface area contributed by atoms with E-state index in [1.54, 1.807) is 26.8 Å². The molecule has 0 aromatic heterocycles. The summed E-state index contributed by atoms with van der Waals surface area (Å²) in [6.07, 6.45) is -0.908. The van der Waals surface area contributed by atoms with Gasteiger partial charge < -0.3 is 34.1 Å². The lowest BCUT2D eigenvalue weighted by atomic mass is 9.86. The first-order valence-corrected chi connectivity index (χ1v) is 17.0. The number of alkyl carbamates (subject to hydrolysis) is 1. The number of amides is 1. The molecule has 2 aromatic carbocycles. The van der Waals surface area contributed by atoms with Crippen molar-refractivity contribution in [3.8, 4) is 11.5 Å². The second-order valence-electron chi connectivity index (χ2n) is 13.6. The van der Waals surface area contributed by atoms with Gasteiger partial charge in [0.1, 0.15) is 30.3 Å². The lowest BCUT2D eigenvalue weighted by Gasteiger charge is -2.35. The van der Waals surface area contributed by atoms with Crippen LogP contribution in [0.3, 0.4) is 0 Å². The number of hydrogen-bond donors (Lipinski definition) is 3. The average Bonchev–Trinajstić information content (AvgIpc) is 3.41. The predicted octanol–water partition coefficient (Wildman–Crippen LogP) is 4.21. The number of benzene rings is 2. The van der Waals surface area contributed by atoms with E-state index in [0.717, 1.165) is 5.56 Å². The van der Waals surface area contributed by atoms with Crippen molar-refractivity contribution in [2.24, 2.45) is 5.41 Å². The smallest absolute Gasteiger partial charge is 0.407 e. The summed E-state index contributed by atoms with van der Waals surface area (Å²) in [5, 5.41) is 16.4. The fraction of sp³-hybridized carbons (Fsp3) is 0.606. The van der Waals surface area contributed by atoms with Crippen molar-refractivity contribution >= 4 is 15.9 Å². The summed E-state index contributed by atoms with van der Waals surface area (Å²) >= 11 is 0. The van der Waals surface area contributed by atoms with Crippen molar-refractivity contribution in [3.05, 3.63) is 54.1 Å². The van der Waals surface area contributed by atoms with Crippen LogP contribution in [0.15, 0.2) is 53.4 Å². The molecule has 2 aliphatic heterocycles. The number of rotatable bonds is 13. The standard InChI is InChI=1S/C33H48N2O9S/c1-31(2,3)44-30(37)35-25(20-23-10-8-7-9-11-23)28(36)29(34-22-32(4,5)14-15-33(6)42-18-19-43-33)45(38,39)24-12-13-26-27(21-24)41-17-16-40-26/h7-13,21,25,28-29,34,36H,14-20,22H2,1-6H3,(H,35,37)/t25-,28+,29?/m0/s1. The molecule has 1 amide bonds. The molecule has 1 saturated heterocycles. The molecule has 3 N–H and O–H groups in total. The molecule has 0 bridgehead atoms. The maximum absolute atomic E-state index is 14.4. The molecule has 4 rings (SSSR count). The van der Waals surface area contributed by atoms with E-state index in [0.29, 0.717) is 50.8 Å². The quantitative estimate of drug-likeness (QED) is 0.289. The first kappa shape index (κ1) is 35.0. The van der Waals surface area contributed by atoms with Crippen LogP contribution < -0.4 is 20.1 Å². The van der Waals surface area contributed by atoms with Gasteiger partial charge in [0.25, 0.3) is 0 Å². The highest BCUT2D eigenvalue weighted by atomic mass is 32.2. The first-order valence-electron chi connectivity index (χ1n) is 15.4. The molecule has 45 heavy (non-hydrogen) atoms. The van der Waals surface area contributed by atoms with Crippen molar-refractivity contribution in [3.63, 3.8) is 0 Å². The minimum atomic E-state index is -4.25. The lowest BCUT2D eigenvalue weighted by molar-refractivity contribution is -0.151. The van der Waals surface area contributed by atoms with Gasteiger partial charge >= 0.3 is 6.09 Å². The number of carbonyl (C=O) groups excluding carboxylic acids is 1. The topological polar surface area (TPSA) is 142 Å². The van der Waals surface area contributed by atoms with Gasteiger partial charge in [0.2, 0.25) is 0 Å². The highest BCUT2D eigenvalue weighted by molar-refractivity contribution is 7.92. The third-order valence-corrected chi connectivity index (χ3v) is 9.86. The monoisotopic (exact) mass is 648 g/mol. The zero-order chi connectivity index (χ0) is 32.9. The Hall–Kier alpha value is -2.90. The molecule has 1 fully saturated rings. The Balaban J connectivity index is 1.65. The predicted molar refractivity (Wildman–Crippen MR) is 169 cm³/mol. The summed E-state index contributed by atoms with van der Waals surface area (Å²) < 4.78 is 57.0. The van der Waals surface area contributed by atoms with E-state index in [1.165, 1.54) is 12.1 Å². The van der Waals surface area contributed by atoms with Crippen LogP contribution in [-0.2, 0) is 30.5 Å². The minimum absolute atomic E-state index is 0.0443. The first-order chi connectivity index (χ1) is 21.1. The summed E-state index contributed by atoms with van der Waals surface area (Å²) in [6, 6.07) is 12.6. The molecule has 0 saturated carbocycles. The van der Waals surface area contributed by atoms with Gasteiger partial charge in [-0.15, -0.1) is 0 Å². The third-order valence-electron chi connectivity index (χ3n) is 7.84. The molecule has 3 atom stereocenters. The molecule has 0 radical (unpaired) electrons. The molecule has 0 spiro atoms. The molecule has 2 aliphatic rings. The van der Waals surface area contributed by atoms with Crippen LogP contribution in [0.1, 0.15) is 59.9 Å². The Morgan fingerprint density at radius 3 is 2.27 bits per heavy atom. The second-order valence-corrected chi connectivity index (χ2v) is 15.6. The maximum atomic E-state index is 14.4. The lowest BCUT2D eigenvalue weighted by Crippen LogP contribution is -2.58. The van der Waals surface area contributed by atoms with Gasteiger partial charge in [0.15, 0.2) is 27.1 Å². The highest BCUT2D eigenvalue weighted by Gasteiger charge is 2.41. The van der Waals surface area contributed by atoms with Gasteiger partial charge in [-0.3, -0.25) is 5.32 Å². The Kier molecular flexibility index (Phi) is 11.1. The van der Waals surface area contributed by atoms with Crippen LogP contribution >= 0.6 is 0 Å². The molecule has 2 aromatic rings. The zero-order valence-corrected chi connectivity index (χ0v) is 27.9. The van der Waals surface area contributed by atoms with E-state index in [-0.39, 0.29) is 17.9 Å². The number of aliphatic hydroxyl groups excluding tert-OH is 1. The van der Waals surface area contributed by atoms with Gasteiger partial charge in [0.05, 0.1) is 24.2 Å². The largest absolute Gasteiger partial charge is 0.486 e. The highest BCUT2D eigenvalue weighted by Crippen LogP contribution is 2.35. The van der Waals surface area contributed by atoms with Crippen LogP contribution in [0.4, 0.5) is 4.79 Å². The van der Waals surface area contributed by atoms with E-state index < -0.39 is 50.3 Å². The van der Waals surface area contributed by atoms with Crippen molar-refractivity contribution in [2.45, 2.75) is 94.6 Å². The molecule has 250 valence electrons. The van der Waals surface area contributed by atoms with Crippen molar-refractivity contribution in [2.75, 3.05) is 33.0 Å². The van der Waals surface area contributed by atoms with Crippen LogP contribution in [-0.4, -0.2) is 81.5 Å². The zero-order valence-electron chi connectivity index (χ0n) is 27.1. The number of nitrogens with one attached hydrogen (secondary N) is 2. The van der Waals surface area contributed by atoms with Gasteiger partial charge in [-0.1, -0.05) is 44.2 Å². The van der Waals surface area contributed by atoms with E-state index in [9.17, 15) is 18.3 Å². The summed E-state index contributed by atoms with van der Waals surface area (Å²) in [4.78, 5) is 12.9. The SMILES string of the molecule is CC(C)(CCC1(C)OCCO1)CNC([C@H](O)[C@H](Cc1ccccc1)NC(=O)OC(C)(C)C)S(=O)(=O)c1ccc2c(c1)OCCO2. The normalized spacial score (nSPS) is 18.6. The minimum Gasteiger partial charge on any atom is -0.486 e. The van der Waals surface area contributed by atoms with Crippen molar-refractivity contribution in [1.82, 2.24) is 10.6 Å². The Labute approximate surface area is 266 Å². The summed E-state index contributed by atoms with van der Waals surface area (Å²) in [5.74, 6) is 0.0733. The van der Waals surface area contributed by atoms with Gasteiger partial charge in [-0.25, -0.2) is 13.2 Å². The van der Waals surface area contributed by atoms with E-state index in [4.69, 9.17) is 23.7 Å². The van der Waals surface area contributed by atoms with Crippen LogP contribution in [0.5, 0.6) is 11.5 Å². The molecule has 11 nitrogen and oxygen atoms in total. The van der Waals surface area contributed by atoms with Crippen LogP contribution in [0.2, 0.25) is 0 Å². The number of sulfone groups is 1. The fourth-order valence-electron chi connectivity index (χ4n) is 5.29. The van der Waals surface area contributed by atoms with Gasteiger partial charge in [-0.05, 0) is 63.6 Å². The van der Waals surface area contributed by atoms with Crippen LogP contribution in [0.25, 0.3) is 0 Å². The van der Waals surface area contributed by atoms with Crippen molar-refractivity contribution < 1.29 is 42.0 Å². The fourth-order valence-corrected chi connectivity index (χ4v) is 6.97. The summed E-state index contributed by atoms with van der Waals surface area (Å²) in [7, 11) is -4.25. The Morgan fingerprint density at radius 2 is 1.62 bits per heavy atom. The molecule has 2 heterocycles. The molecular formula is C33H48N2O9S. The van der Waals surface area contributed by atoms with Gasteiger partial charge in [0, 0.05) is 19.0 Å². The Morgan fingerprint density at radius 1 is 0.978 bits per heavy atom. The van der Waals surface area contributed by atoms with Gasteiger partial charge in [-0.2, -0.15) is 0 Å². The molecule has 1 unspecified atom stereocenters. The summed E-state index contributed by atoms with van der Waals surface area (Å²) in [5.41, 5.74) is -0.404. The molecule has 12 heteroatoms. The average molecular weight is 649 g/mol. The summed E-state index contributed by atoms with van der Waals surface area (Å²) in [6.45, 7) is 13.1. The number of hydrogen-bond acceptors (Lipinski definition) is 10. The third kappa shape index (κ3) is 9.79. The van der Waals surface area contributed by atoms with E-state index in [1.807, 2.05) is 51.1 Å². The number of fused-ring (bicyclic) bond motifs is 1. The van der Waals surface area contributed by atoms with E-state index in [2.05, 4.69) is 10.6 Å².